The van der Waals surface area contributed by atoms with Gasteiger partial charge in [0.25, 0.3) is 0 Å². The van der Waals surface area contributed by atoms with Gasteiger partial charge in [-0.3, -0.25) is 0 Å². The average molecular weight is 294 g/mol. The molecule has 3 unspecified atom stereocenters. The molecule has 0 aromatic carbocycles. The van der Waals surface area contributed by atoms with Crippen LogP contribution in [0, 0.1) is 17.3 Å². The van der Waals surface area contributed by atoms with Gasteiger partial charge in [-0.25, -0.2) is 0 Å². The Kier molecular flexibility index (Phi) is 5.90. The summed E-state index contributed by atoms with van der Waals surface area (Å²) in [5.74, 6) is 0.925. The predicted octanol–water partition coefficient (Wildman–Crippen LogP) is 3.66. The van der Waals surface area contributed by atoms with Crippen LogP contribution in [0.5, 0.6) is 0 Å². The van der Waals surface area contributed by atoms with Crippen molar-refractivity contribution in [3.8, 4) is 0 Å². The summed E-state index contributed by atoms with van der Waals surface area (Å²) in [4.78, 5) is 1.78. The first-order valence-electron chi connectivity index (χ1n) is 7.50. The first kappa shape index (κ1) is 17.8. The number of alkyl halides is 3. The number of nitrogens with two attached hydrogens (primary N) is 1. The lowest BCUT2D eigenvalue weighted by Crippen LogP contribution is -2.44. The van der Waals surface area contributed by atoms with Crippen LogP contribution >= 0.6 is 0 Å². The van der Waals surface area contributed by atoms with Crippen LogP contribution in [0.4, 0.5) is 13.2 Å². The van der Waals surface area contributed by atoms with E-state index in [1.54, 1.807) is 11.9 Å². The molecule has 1 rings (SSSR count). The third-order valence-corrected chi connectivity index (χ3v) is 4.59. The van der Waals surface area contributed by atoms with Gasteiger partial charge in [-0.2, -0.15) is 13.2 Å². The van der Waals surface area contributed by atoms with Crippen molar-refractivity contribution in [1.29, 1.82) is 0 Å². The average Bonchev–Trinajstić information content (AvgIpc) is 2.27. The zero-order chi connectivity index (χ0) is 15.6. The number of rotatable bonds is 4. The molecule has 1 aliphatic rings. The van der Waals surface area contributed by atoms with E-state index in [1.807, 2.05) is 0 Å². The fourth-order valence-electron chi connectivity index (χ4n) is 3.09. The van der Waals surface area contributed by atoms with Crippen molar-refractivity contribution in [2.75, 3.05) is 20.1 Å². The Hall–Kier alpha value is -0.290. The molecular weight excluding hydrogens is 265 g/mol. The van der Waals surface area contributed by atoms with Gasteiger partial charge in [0.15, 0.2) is 0 Å². The van der Waals surface area contributed by atoms with Gasteiger partial charge in [0.1, 0.15) is 0 Å². The molecule has 2 nitrogen and oxygen atoms in total. The Labute approximate surface area is 120 Å². The molecule has 1 aliphatic carbocycles. The van der Waals surface area contributed by atoms with Crippen LogP contribution in [0.1, 0.15) is 46.5 Å². The lowest BCUT2D eigenvalue weighted by atomic mass is 9.67. The molecule has 1 saturated carbocycles. The van der Waals surface area contributed by atoms with Gasteiger partial charge in [-0.15, -0.1) is 0 Å². The normalized spacial score (nSPS) is 28.9. The van der Waals surface area contributed by atoms with Crippen LogP contribution in [-0.2, 0) is 0 Å². The van der Waals surface area contributed by atoms with Crippen molar-refractivity contribution in [2.24, 2.45) is 23.0 Å². The summed E-state index contributed by atoms with van der Waals surface area (Å²) >= 11 is 0. The first-order chi connectivity index (χ1) is 8.99. The third kappa shape index (κ3) is 6.00. The summed E-state index contributed by atoms with van der Waals surface area (Å²) in [6.07, 6.45) is -1.67. The molecule has 0 aromatic heterocycles. The fourth-order valence-corrected chi connectivity index (χ4v) is 3.09. The van der Waals surface area contributed by atoms with Crippen molar-refractivity contribution in [2.45, 2.75) is 58.7 Å². The molecule has 3 atom stereocenters. The number of halogens is 3. The molecule has 0 spiro atoms. The summed E-state index contributed by atoms with van der Waals surface area (Å²) in [5, 5.41) is 0. The second kappa shape index (κ2) is 6.65. The maximum Gasteiger partial charge on any atom is 0.390 e. The minimum Gasteiger partial charge on any atom is -0.327 e. The predicted molar refractivity (Wildman–Crippen MR) is 76.4 cm³/mol. The molecule has 20 heavy (non-hydrogen) atoms. The van der Waals surface area contributed by atoms with Crippen LogP contribution in [0.3, 0.4) is 0 Å². The Morgan fingerprint density at radius 1 is 1.15 bits per heavy atom. The van der Waals surface area contributed by atoms with Gasteiger partial charge < -0.3 is 10.6 Å². The molecule has 2 N–H and O–H groups in total. The summed E-state index contributed by atoms with van der Waals surface area (Å²) in [5.41, 5.74) is 6.42. The minimum absolute atomic E-state index is 0.0624. The summed E-state index contributed by atoms with van der Waals surface area (Å²) in [6, 6.07) is 0.127. The molecule has 0 radical (unpaired) electrons. The first-order valence-corrected chi connectivity index (χ1v) is 7.50. The van der Waals surface area contributed by atoms with Gasteiger partial charge in [0, 0.05) is 19.1 Å². The largest absolute Gasteiger partial charge is 0.390 e. The van der Waals surface area contributed by atoms with Gasteiger partial charge in [0.2, 0.25) is 0 Å². The van der Waals surface area contributed by atoms with Crippen molar-refractivity contribution >= 4 is 0 Å². The zero-order valence-electron chi connectivity index (χ0n) is 13.1. The van der Waals surface area contributed by atoms with E-state index in [9.17, 15) is 13.2 Å². The highest BCUT2D eigenvalue weighted by atomic mass is 19.4. The van der Waals surface area contributed by atoms with E-state index < -0.39 is 12.6 Å². The molecule has 0 aromatic rings. The molecule has 1 fully saturated rings. The Morgan fingerprint density at radius 2 is 1.75 bits per heavy atom. The molecular formula is C15H29F3N2. The van der Waals surface area contributed by atoms with Gasteiger partial charge in [-0.1, -0.05) is 20.8 Å². The molecule has 0 saturated heterocycles. The van der Waals surface area contributed by atoms with Crippen LogP contribution in [0.15, 0.2) is 0 Å². The molecule has 0 amide bonds. The SMILES string of the molecule is CN(CCC(F)(F)F)CC1CC(C(C)(C)C)CCC1N. The summed E-state index contributed by atoms with van der Waals surface area (Å²) in [7, 11) is 1.76. The molecule has 0 bridgehead atoms. The molecule has 0 aliphatic heterocycles. The van der Waals surface area contributed by atoms with Crippen molar-refractivity contribution in [3.63, 3.8) is 0 Å². The van der Waals surface area contributed by atoms with E-state index in [1.165, 1.54) is 0 Å². The summed E-state index contributed by atoms with van der Waals surface area (Å²) in [6.45, 7) is 7.44. The quantitative estimate of drug-likeness (QED) is 0.857. The van der Waals surface area contributed by atoms with E-state index in [0.717, 1.165) is 19.3 Å². The van der Waals surface area contributed by atoms with Gasteiger partial charge >= 0.3 is 6.18 Å². The fraction of sp³-hybridized carbons (Fsp3) is 1.00. The van der Waals surface area contributed by atoms with Gasteiger partial charge in [-0.05, 0) is 43.6 Å². The number of hydrogen-bond donors (Lipinski definition) is 1. The van der Waals surface area contributed by atoms with Crippen LogP contribution in [0.25, 0.3) is 0 Å². The van der Waals surface area contributed by atoms with Crippen molar-refractivity contribution in [1.82, 2.24) is 4.90 Å². The van der Waals surface area contributed by atoms with E-state index >= 15 is 0 Å². The number of hydrogen-bond acceptors (Lipinski definition) is 2. The van der Waals surface area contributed by atoms with Crippen molar-refractivity contribution < 1.29 is 13.2 Å². The Balaban J connectivity index is 2.48. The van der Waals surface area contributed by atoms with E-state index in [-0.39, 0.29) is 18.0 Å². The Bertz CT molecular complexity index is 296. The number of nitrogens with zero attached hydrogens (tertiary/aromatic N) is 1. The highest BCUT2D eigenvalue weighted by molar-refractivity contribution is 4.88. The lowest BCUT2D eigenvalue weighted by Gasteiger charge is -2.41. The molecule has 5 heteroatoms. The topological polar surface area (TPSA) is 29.3 Å². The second-order valence-corrected chi connectivity index (χ2v) is 7.43. The highest BCUT2D eigenvalue weighted by Gasteiger charge is 2.35. The molecule has 120 valence electrons. The van der Waals surface area contributed by atoms with Gasteiger partial charge in [0.05, 0.1) is 6.42 Å². The Morgan fingerprint density at radius 3 is 2.25 bits per heavy atom. The van der Waals surface area contributed by atoms with Crippen LogP contribution < -0.4 is 5.73 Å². The van der Waals surface area contributed by atoms with Crippen LogP contribution in [0.2, 0.25) is 0 Å². The second-order valence-electron chi connectivity index (χ2n) is 7.43. The summed E-state index contributed by atoms with van der Waals surface area (Å²) < 4.78 is 36.7. The van der Waals surface area contributed by atoms with E-state index in [4.69, 9.17) is 5.73 Å². The van der Waals surface area contributed by atoms with Crippen LogP contribution in [-0.4, -0.2) is 37.3 Å². The maximum absolute atomic E-state index is 12.2. The zero-order valence-corrected chi connectivity index (χ0v) is 13.1. The smallest absolute Gasteiger partial charge is 0.327 e. The standard InChI is InChI=1S/C15H29F3N2/c1-14(2,3)12-5-6-13(19)11(9-12)10-20(4)8-7-15(16,17)18/h11-13H,5-10,19H2,1-4H3. The third-order valence-electron chi connectivity index (χ3n) is 4.59. The maximum atomic E-state index is 12.2. The van der Waals surface area contributed by atoms with Crippen molar-refractivity contribution in [3.05, 3.63) is 0 Å². The lowest BCUT2D eigenvalue weighted by molar-refractivity contribution is -0.137. The van der Waals surface area contributed by atoms with E-state index in [2.05, 4.69) is 20.8 Å². The molecule has 0 heterocycles. The minimum atomic E-state index is -4.07. The monoisotopic (exact) mass is 294 g/mol. The highest BCUT2D eigenvalue weighted by Crippen LogP contribution is 2.40. The van der Waals surface area contributed by atoms with E-state index in [0.29, 0.717) is 18.4 Å².